The van der Waals surface area contributed by atoms with E-state index in [0.717, 1.165) is 99.0 Å². The van der Waals surface area contributed by atoms with Gasteiger partial charge in [-0.3, -0.25) is 38.4 Å². The molecular formula is C61H89N3O21. The number of aliphatic carboxylic acids is 1. The predicted molar refractivity (Wildman–Crippen MR) is 294 cm³/mol. The van der Waals surface area contributed by atoms with Gasteiger partial charge in [-0.2, -0.15) is 0 Å². The maximum Gasteiger partial charge on any atom is 0.309 e. The fourth-order valence-corrected chi connectivity index (χ4v) is 17.7. The van der Waals surface area contributed by atoms with Crippen LogP contribution in [0.15, 0.2) is 18.3 Å². The third-order valence-electron chi connectivity index (χ3n) is 21.1. The quantitative estimate of drug-likeness (QED) is 0.0941. The number of allylic oxidation sites excluding steroid dienone is 1. The zero-order valence-corrected chi connectivity index (χ0v) is 51.5. The van der Waals surface area contributed by atoms with Gasteiger partial charge in [0.05, 0.1) is 30.4 Å². The summed E-state index contributed by atoms with van der Waals surface area (Å²) in [5.74, 6) is -5.65. The van der Waals surface area contributed by atoms with Gasteiger partial charge in [-0.05, 0) is 128 Å². The van der Waals surface area contributed by atoms with E-state index in [9.17, 15) is 48.6 Å². The van der Waals surface area contributed by atoms with Crippen LogP contribution in [-0.4, -0.2) is 160 Å². The van der Waals surface area contributed by atoms with Gasteiger partial charge in [-0.1, -0.05) is 52.0 Å². The van der Waals surface area contributed by atoms with Gasteiger partial charge in [-0.25, -0.2) is 4.68 Å². The lowest BCUT2D eigenvalue weighted by atomic mass is 9.31. The van der Waals surface area contributed by atoms with E-state index in [2.05, 4.69) is 58.4 Å². The van der Waals surface area contributed by atoms with Crippen molar-refractivity contribution in [2.75, 3.05) is 19.8 Å². The number of fused-ring (bicyclic) bond motifs is 7. The average Bonchev–Trinajstić information content (AvgIpc) is 2.90. The smallest absolute Gasteiger partial charge is 0.309 e. The number of carbonyl (C=O) groups excluding carboxylic acids is 7. The lowest BCUT2D eigenvalue weighted by Gasteiger charge is -2.73. The molecule has 8 rings (SSSR count). The van der Waals surface area contributed by atoms with Crippen LogP contribution in [0.25, 0.3) is 0 Å². The van der Waals surface area contributed by atoms with Crippen molar-refractivity contribution >= 4 is 47.8 Å². The summed E-state index contributed by atoms with van der Waals surface area (Å²) < 4.78 is 65.8. The maximum atomic E-state index is 13.3. The first kappa shape index (κ1) is 65.4. The van der Waals surface area contributed by atoms with Gasteiger partial charge in [0, 0.05) is 54.7 Å². The van der Waals surface area contributed by atoms with Crippen LogP contribution in [-0.2, 0) is 103 Å². The molecule has 2 aliphatic heterocycles. The second kappa shape index (κ2) is 25.3. The Balaban J connectivity index is 1.01. The van der Waals surface area contributed by atoms with Crippen molar-refractivity contribution in [2.24, 2.45) is 62.6 Å². The molecular weight excluding hydrogens is 1110 g/mol. The summed E-state index contributed by atoms with van der Waals surface area (Å²) in [5.41, 5.74) is 0.366. The number of rotatable bonds is 19. The number of aliphatic hydroxyl groups excluding tert-OH is 1. The number of esters is 7. The molecule has 5 saturated carbocycles. The van der Waals surface area contributed by atoms with Crippen molar-refractivity contribution in [1.82, 2.24) is 15.0 Å². The van der Waals surface area contributed by atoms with Gasteiger partial charge in [-0.15, -0.1) is 5.10 Å². The lowest BCUT2D eigenvalue weighted by Crippen LogP contribution is -2.68. The van der Waals surface area contributed by atoms with E-state index in [4.69, 9.17) is 52.1 Å². The van der Waals surface area contributed by atoms with E-state index in [0.29, 0.717) is 30.9 Å². The number of nitrogens with zero attached hydrogens (tertiary/aromatic N) is 3. The molecule has 7 aliphatic rings. The molecule has 0 bridgehead atoms. The highest BCUT2D eigenvalue weighted by atomic mass is 16.8. The average molecular weight is 1200 g/mol. The first-order valence-electron chi connectivity index (χ1n) is 29.9. The molecule has 0 unspecified atom stereocenters. The number of hydrogen-bond donors (Lipinski definition) is 2. The number of ether oxygens (including phenoxy) is 11. The predicted octanol–water partition coefficient (Wildman–Crippen LogP) is 5.79. The largest absolute Gasteiger partial charge is 0.481 e. The summed E-state index contributed by atoms with van der Waals surface area (Å²) in [7, 11) is 0. The molecule has 0 radical (unpaired) electrons. The molecule has 24 heteroatoms. The molecule has 85 heavy (non-hydrogen) atoms. The number of carboxylic acid groups (broad SMARTS) is 1. The Morgan fingerprint density at radius 3 is 1.74 bits per heavy atom. The van der Waals surface area contributed by atoms with Crippen LogP contribution in [0, 0.1) is 62.6 Å². The Bertz CT molecular complexity index is 2710. The third kappa shape index (κ3) is 12.8. The van der Waals surface area contributed by atoms with Crippen molar-refractivity contribution in [2.45, 2.75) is 228 Å². The Kier molecular flexibility index (Phi) is 19.4. The van der Waals surface area contributed by atoms with Gasteiger partial charge < -0.3 is 62.3 Å². The highest BCUT2D eigenvalue weighted by Crippen LogP contribution is 2.78. The third-order valence-corrected chi connectivity index (χ3v) is 21.1. The molecule has 0 spiro atoms. The number of hydrogen-bond acceptors (Lipinski definition) is 22. The molecule has 1 aromatic rings. The van der Waals surface area contributed by atoms with E-state index in [1.807, 2.05) is 0 Å². The van der Waals surface area contributed by atoms with Crippen molar-refractivity contribution in [3.8, 4) is 0 Å². The fraction of sp³-hybridized carbons (Fsp3) is 0.803. The Labute approximate surface area is 496 Å². The molecule has 21 atom stereocenters. The topological polar surface area (TPSA) is 309 Å². The van der Waals surface area contributed by atoms with E-state index >= 15 is 0 Å². The van der Waals surface area contributed by atoms with Gasteiger partial charge in [0.1, 0.15) is 31.5 Å². The van der Waals surface area contributed by atoms with Crippen LogP contribution >= 0.6 is 0 Å². The second-order valence-electron chi connectivity index (χ2n) is 26.6. The van der Waals surface area contributed by atoms with E-state index in [1.54, 1.807) is 10.9 Å². The molecule has 1 aromatic heterocycles. The minimum absolute atomic E-state index is 0.0497. The molecule has 0 amide bonds. The second-order valence-corrected chi connectivity index (χ2v) is 26.6. The van der Waals surface area contributed by atoms with Crippen LogP contribution < -0.4 is 0 Å². The van der Waals surface area contributed by atoms with E-state index < -0.39 is 139 Å². The zero-order valence-electron chi connectivity index (χ0n) is 51.5. The molecule has 5 aliphatic carbocycles. The van der Waals surface area contributed by atoms with Gasteiger partial charge in [0.25, 0.3) is 0 Å². The van der Waals surface area contributed by atoms with E-state index in [-0.39, 0.29) is 59.0 Å². The van der Waals surface area contributed by atoms with Gasteiger partial charge >= 0.3 is 47.8 Å². The minimum atomic E-state index is -1.85. The van der Waals surface area contributed by atoms with Crippen molar-refractivity contribution < 1.29 is 101 Å². The summed E-state index contributed by atoms with van der Waals surface area (Å²) in [5, 5.41) is 32.3. The number of aliphatic hydroxyl groups is 1. The molecule has 2 saturated heterocycles. The van der Waals surface area contributed by atoms with Crippen LogP contribution in [0.3, 0.4) is 0 Å². The Morgan fingerprint density at radius 2 is 1.18 bits per heavy atom. The first-order chi connectivity index (χ1) is 39.8. The first-order valence-corrected chi connectivity index (χ1v) is 29.9. The lowest BCUT2D eigenvalue weighted by molar-refractivity contribution is -0.361. The summed E-state index contributed by atoms with van der Waals surface area (Å²) in [6.45, 7) is 24.6. The summed E-state index contributed by atoms with van der Waals surface area (Å²) in [6, 6.07) is 0. The van der Waals surface area contributed by atoms with Crippen molar-refractivity contribution in [3.63, 3.8) is 0 Å². The highest BCUT2D eigenvalue weighted by Gasteiger charge is 2.73. The normalized spacial score (nSPS) is 39.9. The summed E-state index contributed by atoms with van der Waals surface area (Å²) >= 11 is 0. The van der Waals surface area contributed by atoms with Crippen molar-refractivity contribution in [3.05, 3.63) is 24.0 Å². The molecule has 7 fully saturated rings. The van der Waals surface area contributed by atoms with Gasteiger partial charge in [0.2, 0.25) is 0 Å². The fourth-order valence-electron chi connectivity index (χ4n) is 17.7. The minimum Gasteiger partial charge on any atom is -0.481 e. The van der Waals surface area contributed by atoms with Crippen LogP contribution in [0.2, 0.25) is 0 Å². The monoisotopic (exact) mass is 1200 g/mol. The molecule has 2 N–H and O–H groups in total. The molecule has 3 heterocycles. The molecule has 24 nitrogen and oxygen atoms in total. The Hall–Kier alpha value is -5.56. The van der Waals surface area contributed by atoms with Crippen molar-refractivity contribution in [1.29, 1.82) is 0 Å². The zero-order chi connectivity index (χ0) is 62.5. The molecule has 474 valence electrons. The van der Waals surface area contributed by atoms with E-state index in [1.165, 1.54) is 0 Å². The van der Waals surface area contributed by atoms with Crippen LogP contribution in [0.1, 0.15) is 153 Å². The standard InChI is InChI=1S/C61H89N3O21/c1-30(2)40-17-20-61(56(73)74)22-21-59(13)41(46(40)61)15-16-45-58(12)26-38(53(72)57(10,11)44(58)18-19-60(45,59)14)25-39-27-64(63-62-39)23-24-75-54-51(81-36(8)70)50(80-35(7)69)48(43(83-54)29-77-32(4)66)85-55-52(82-37(9)71)49(79-34(6)68)47(78-33(5)67)42(84-55)28-76-31(3)65/h27,38,40-55,72H,1,15-26,28-29H2,2-14H3,(H,73,74)/t38-,40+,41-,42-,43-,44+,45-,46-,47+,48-,49+,50+,51-,52-,53+,54-,55+,58+,59-,60-,61+/m1/s1. The highest BCUT2D eigenvalue weighted by molar-refractivity contribution is 5.76. The number of carbonyl (C=O) groups is 8. The Morgan fingerprint density at radius 1 is 0.635 bits per heavy atom. The summed E-state index contributed by atoms with van der Waals surface area (Å²) in [6.07, 6.45) is -6.62. The number of carboxylic acids is 1. The van der Waals surface area contributed by atoms with Crippen LogP contribution in [0.4, 0.5) is 0 Å². The van der Waals surface area contributed by atoms with Crippen LogP contribution in [0.5, 0.6) is 0 Å². The van der Waals surface area contributed by atoms with Gasteiger partial charge in [0.15, 0.2) is 43.1 Å². The number of aromatic nitrogens is 3. The summed E-state index contributed by atoms with van der Waals surface area (Å²) in [4.78, 5) is 101. The molecule has 0 aromatic carbocycles. The maximum absolute atomic E-state index is 13.3. The SMILES string of the molecule is C=C(C)[C@@H]1CC[C@]2(C(=O)O)CC[C@]3(C)[C@H](CC[C@@H]4[C@@]5(C)C[C@@H](Cc6cn(CCO[C@@H]7O[C@H](COC(C)=O)[C@@H](O[C@@H]8O[C@H](COC(C)=O)[C@H](OC(C)=O)[C@H](OC(C)=O)[C@H]8OC(C)=O)[C@H](OC(C)=O)[C@H]7OC(C)=O)nn6)[C@H](O)C(C)(C)[C@@H]5CC[C@]43C)[C@@H]12.